The second kappa shape index (κ2) is 4.57. The molecule has 0 radical (unpaired) electrons. The van der Waals surface area contributed by atoms with Crippen LogP contribution in [0.15, 0.2) is 29.4 Å². The van der Waals surface area contributed by atoms with Gasteiger partial charge in [-0.05, 0) is 43.7 Å². The predicted octanol–water partition coefficient (Wildman–Crippen LogP) is 2.04. The molecule has 0 unspecified atom stereocenters. The quantitative estimate of drug-likeness (QED) is 0.800. The lowest BCUT2D eigenvalue weighted by Gasteiger charge is -2.09. The number of hydrazone groups is 1. The van der Waals surface area contributed by atoms with Crippen molar-refractivity contribution in [2.75, 3.05) is 7.05 Å². The predicted molar refractivity (Wildman–Crippen MR) is 66.1 cm³/mol. The van der Waals surface area contributed by atoms with Gasteiger partial charge in [-0.3, -0.25) is 4.79 Å². The lowest BCUT2D eigenvalue weighted by molar-refractivity contribution is -0.127. The third kappa shape index (κ3) is 2.64. The molecule has 1 amide bonds. The Bertz CT molecular complexity index is 449. The Balaban J connectivity index is 2.14. The zero-order valence-corrected chi connectivity index (χ0v) is 10.3. The van der Waals surface area contributed by atoms with E-state index < -0.39 is 0 Å². The first-order valence-corrected chi connectivity index (χ1v) is 5.67. The molecule has 1 aliphatic heterocycles. The van der Waals surface area contributed by atoms with Crippen LogP contribution >= 0.6 is 0 Å². The number of nitrogens with zero attached hydrogens (tertiary/aromatic N) is 2. The molecule has 1 heterocycles. The Morgan fingerprint density at radius 3 is 2.41 bits per heavy atom. The Kier molecular flexibility index (Phi) is 3.13. The number of carbonyl (C=O) groups is 1. The van der Waals surface area contributed by atoms with Crippen LogP contribution in [0.1, 0.15) is 25.8 Å². The van der Waals surface area contributed by atoms with E-state index in [1.54, 1.807) is 7.05 Å². The van der Waals surface area contributed by atoms with Crippen LogP contribution in [-0.4, -0.2) is 29.8 Å². The topological polar surface area (TPSA) is 41.9 Å². The third-order valence-corrected chi connectivity index (χ3v) is 2.51. The number of amides is 1. The zero-order chi connectivity index (χ0) is 12.4. The molecule has 4 heteroatoms. The summed E-state index contributed by atoms with van der Waals surface area (Å²) in [5.41, 5.74) is 1.78. The number of benzene rings is 1. The van der Waals surface area contributed by atoms with Gasteiger partial charge in [0.1, 0.15) is 5.75 Å². The van der Waals surface area contributed by atoms with Crippen molar-refractivity contribution < 1.29 is 9.53 Å². The molecule has 1 aromatic carbocycles. The Morgan fingerprint density at radius 1 is 1.29 bits per heavy atom. The average Bonchev–Trinajstić information content (AvgIpc) is 2.59. The van der Waals surface area contributed by atoms with E-state index in [-0.39, 0.29) is 12.0 Å². The van der Waals surface area contributed by atoms with Crippen molar-refractivity contribution in [1.82, 2.24) is 5.01 Å². The molecule has 0 saturated heterocycles. The Morgan fingerprint density at radius 2 is 1.94 bits per heavy atom. The van der Waals surface area contributed by atoms with Crippen LogP contribution in [-0.2, 0) is 4.79 Å². The van der Waals surface area contributed by atoms with Gasteiger partial charge in [0.15, 0.2) is 0 Å². The van der Waals surface area contributed by atoms with Gasteiger partial charge in [0.2, 0.25) is 5.91 Å². The first-order chi connectivity index (χ1) is 8.06. The number of ether oxygens (including phenoxy) is 1. The minimum atomic E-state index is 0.0301. The molecule has 0 aromatic heterocycles. The van der Waals surface area contributed by atoms with E-state index in [1.165, 1.54) is 5.01 Å². The summed E-state index contributed by atoms with van der Waals surface area (Å²) < 4.78 is 5.56. The highest BCUT2D eigenvalue weighted by Crippen LogP contribution is 2.18. The molecule has 1 aliphatic rings. The molecule has 17 heavy (non-hydrogen) atoms. The van der Waals surface area contributed by atoms with E-state index in [0.29, 0.717) is 6.42 Å². The van der Waals surface area contributed by atoms with E-state index in [9.17, 15) is 4.79 Å². The van der Waals surface area contributed by atoms with Gasteiger partial charge in [-0.15, -0.1) is 0 Å². The molecule has 2 rings (SSSR count). The molecule has 1 aromatic rings. The van der Waals surface area contributed by atoms with Gasteiger partial charge in [-0.1, -0.05) is 0 Å². The minimum absolute atomic E-state index is 0.0301. The van der Waals surface area contributed by atoms with Crippen LogP contribution in [0.5, 0.6) is 5.75 Å². The summed E-state index contributed by atoms with van der Waals surface area (Å²) in [7, 11) is 1.67. The van der Waals surface area contributed by atoms with Crippen LogP contribution < -0.4 is 4.74 Å². The molecule has 0 N–H and O–H groups in total. The smallest absolute Gasteiger partial charge is 0.248 e. The summed E-state index contributed by atoms with van der Waals surface area (Å²) in [6.45, 7) is 3.98. The van der Waals surface area contributed by atoms with Gasteiger partial charge in [0.05, 0.1) is 18.2 Å². The maximum Gasteiger partial charge on any atom is 0.248 e. The fourth-order valence-corrected chi connectivity index (χ4v) is 1.69. The average molecular weight is 232 g/mol. The highest BCUT2D eigenvalue weighted by molar-refractivity contribution is 6.13. The number of hydrogen-bond acceptors (Lipinski definition) is 3. The summed E-state index contributed by atoms with van der Waals surface area (Å²) in [4.78, 5) is 11.4. The lowest BCUT2D eigenvalue weighted by Crippen LogP contribution is -2.14. The van der Waals surface area contributed by atoms with E-state index in [4.69, 9.17) is 4.74 Å². The summed E-state index contributed by atoms with van der Waals surface area (Å²) >= 11 is 0. The summed E-state index contributed by atoms with van der Waals surface area (Å²) in [5.74, 6) is 0.865. The maximum absolute atomic E-state index is 11.4. The largest absolute Gasteiger partial charge is 0.491 e. The van der Waals surface area contributed by atoms with Crippen molar-refractivity contribution in [2.24, 2.45) is 5.10 Å². The summed E-state index contributed by atoms with van der Waals surface area (Å²) in [6, 6.07) is 7.67. The molecule has 0 aliphatic carbocycles. The molecule has 0 fully saturated rings. The van der Waals surface area contributed by atoms with Crippen LogP contribution in [0.25, 0.3) is 0 Å². The Hall–Kier alpha value is -1.84. The van der Waals surface area contributed by atoms with Crippen LogP contribution in [0.3, 0.4) is 0 Å². The monoisotopic (exact) mass is 232 g/mol. The SMILES string of the molecule is CC(C)Oc1ccc(C2=NN(C)C(=O)C2)cc1. The standard InChI is InChI=1S/C13H16N2O2/c1-9(2)17-11-6-4-10(5-7-11)12-8-13(16)15(3)14-12/h4-7,9H,8H2,1-3H3. The lowest BCUT2D eigenvalue weighted by atomic mass is 10.1. The highest BCUT2D eigenvalue weighted by atomic mass is 16.5. The van der Waals surface area contributed by atoms with Crippen molar-refractivity contribution in [3.63, 3.8) is 0 Å². The highest BCUT2D eigenvalue weighted by Gasteiger charge is 2.21. The van der Waals surface area contributed by atoms with Crippen molar-refractivity contribution >= 4 is 11.6 Å². The molecule has 4 nitrogen and oxygen atoms in total. The molecule has 0 atom stereocenters. The molecule has 90 valence electrons. The molecule has 0 saturated carbocycles. The van der Waals surface area contributed by atoms with Crippen LogP contribution in [0, 0.1) is 0 Å². The number of carbonyl (C=O) groups excluding carboxylic acids is 1. The van der Waals surface area contributed by atoms with Crippen molar-refractivity contribution in [1.29, 1.82) is 0 Å². The number of rotatable bonds is 3. The molecular formula is C13H16N2O2. The fraction of sp³-hybridized carbons (Fsp3) is 0.385. The van der Waals surface area contributed by atoms with Gasteiger partial charge in [-0.25, -0.2) is 5.01 Å². The van der Waals surface area contributed by atoms with Crippen molar-refractivity contribution in [3.05, 3.63) is 29.8 Å². The van der Waals surface area contributed by atoms with Gasteiger partial charge < -0.3 is 4.74 Å². The summed E-state index contributed by atoms with van der Waals surface area (Å²) in [5, 5.41) is 5.57. The molecule has 0 bridgehead atoms. The first-order valence-electron chi connectivity index (χ1n) is 5.67. The van der Waals surface area contributed by atoms with Gasteiger partial charge in [0, 0.05) is 7.05 Å². The van der Waals surface area contributed by atoms with Gasteiger partial charge in [0.25, 0.3) is 0 Å². The minimum Gasteiger partial charge on any atom is -0.491 e. The van der Waals surface area contributed by atoms with Crippen LogP contribution in [0.4, 0.5) is 0 Å². The van der Waals surface area contributed by atoms with E-state index >= 15 is 0 Å². The van der Waals surface area contributed by atoms with Gasteiger partial charge >= 0.3 is 0 Å². The van der Waals surface area contributed by atoms with Crippen molar-refractivity contribution in [2.45, 2.75) is 26.4 Å². The second-order valence-corrected chi connectivity index (χ2v) is 4.33. The van der Waals surface area contributed by atoms with E-state index in [1.807, 2.05) is 38.1 Å². The third-order valence-electron chi connectivity index (χ3n) is 2.51. The fourth-order valence-electron chi connectivity index (χ4n) is 1.69. The zero-order valence-electron chi connectivity index (χ0n) is 10.3. The Labute approximate surface area is 101 Å². The van der Waals surface area contributed by atoms with Crippen molar-refractivity contribution in [3.8, 4) is 5.75 Å². The van der Waals surface area contributed by atoms with E-state index in [0.717, 1.165) is 17.0 Å². The normalized spacial score (nSPS) is 15.4. The van der Waals surface area contributed by atoms with Gasteiger partial charge in [-0.2, -0.15) is 5.10 Å². The summed E-state index contributed by atoms with van der Waals surface area (Å²) in [6.07, 6.45) is 0.540. The molecular weight excluding hydrogens is 216 g/mol. The maximum atomic E-state index is 11.4. The van der Waals surface area contributed by atoms with E-state index in [2.05, 4.69) is 5.10 Å². The second-order valence-electron chi connectivity index (χ2n) is 4.33. The number of hydrogen-bond donors (Lipinski definition) is 0. The van der Waals surface area contributed by atoms with Crippen LogP contribution in [0.2, 0.25) is 0 Å². The first kappa shape index (κ1) is 11.6. The molecule has 0 spiro atoms.